The van der Waals surface area contributed by atoms with Crippen LogP contribution in [0.3, 0.4) is 0 Å². The van der Waals surface area contributed by atoms with E-state index in [9.17, 15) is 19.2 Å². The molecule has 0 radical (unpaired) electrons. The largest absolute Gasteiger partial charge is 0.423 e. The fraction of sp³-hybridized carbons (Fsp3) is 0.182. The van der Waals surface area contributed by atoms with Crippen LogP contribution < -0.4 is 20.7 Å². The third-order valence-corrected chi connectivity index (χ3v) is 7.00. The molecule has 0 spiro atoms. The van der Waals surface area contributed by atoms with Crippen molar-refractivity contribution in [3.8, 4) is 5.75 Å². The van der Waals surface area contributed by atoms with Gasteiger partial charge in [-0.3, -0.25) is 14.4 Å². The van der Waals surface area contributed by atoms with Gasteiger partial charge in [-0.2, -0.15) is 0 Å². The Morgan fingerprint density at radius 1 is 1.06 bits per heavy atom. The number of carbonyl (C=O) groups excluding carboxylic acids is 4. The molecule has 31 heavy (non-hydrogen) atoms. The molecule has 0 bridgehead atoms. The average molecular weight is 435 g/mol. The lowest BCUT2D eigenvalue weighted by atomic mass is 9.77. The minimum Gasteiger partial charge on any atom is -0.423 e. The van der Waals surface area contributed by atoms with Gasteiger partial charge in [0.15, 0.2) is 0 Å². The molecule has 3 aliphatic heterocycles. The number of esters is 1. The van der Waals surface area contributed by atoms with Crippen LogP contribution in [0.2, 0.25) is 0 Å². The molecule has 0 saturated carbocycles. The highest BCUT2D eigenvalue weighted by atomic mass is 32.2. The number of hydrogen-bond donors (Lipinski definition) is 2. The van der Waals surface area contributed by atoms with Crippen LogP contribution in [0.1, 0.15) is 21.8 Å². The maximum Gasteiger partial charge on any atom is 0.342 e. The number of fused-ring (bicyclic) bond motifs is 5. The van der Waals surface area contributed by atoms with Crippen molar-refractivity contribution >= 4 is 41.1 Å². The number of nitrogens with one attached hydrogen (secondary N) is 1. The minimum absolute atomic E-state index is 0.198. The molecular formula is C22H17N3O5S. The lowest BCUT2D eigenvalue weighted by Gasteiger charge is -2.36. The minimum atomic E-state index is -0.785. The molecule has 5 rings (SSSR count). The van der Waals surface area contributed by atoms with Gasteiger partial charge in [-0.1, -0.05) is 30.0 Å². The van der Waals surface area contributed by atoms with E-state index in [0.717, 1.165) is 16.7 Å². The van der Waals surface area contributed by atoms with Crippen molar-refractivity contribution in [1.29, 1.82) is 0 Å². The van der Waals surface area contributed by atoms with Gasteiger partial charge < -0.3 is 15.8 Å². The lowest BCUT2D eigenvalue weighted by molar-refractivity contribution is -0.131. The van der Waals surface area contributed by atoms with Crippen LogP contribution in [0.25, 0.3) is 0 Å². The average Bonchev–Trinajstić information content (AvgIpc) is 3.02. The molecule has 3 N–H and O–H groups in total. The van der Waals surface area contributed by atoms with E-state index in [-0.39, 0.29) is 16.5 Å². The molecule has 156 valence electrons. The summed E-state index contributed by atoms with van der Waals surface area (Å²) in [5.41, 5.74) is 7.83. The van der Waals surface area contributed by atoms with Gasteiger partial charge >= 0.3 is 5.97 Å². The van der Waals surface area contributed by atoms with Crippen LogP contribution in [0, 0.1) is 5.92 Å². The molecule has 2 aromatic rings. The van der Waals surface area contributed by atoms with Crippen molar-refractivity contribution in [2.75, 3.05) is 11.9 Å². The molecule has 8 nitrogen and oxygen atoms in total. The van der Waals surface area contributed by atoms with Gasteiger partial charge in [0, 0.05) is 24.1 Å². The Labute approximate surface area is 181 Å². The second-order valence-electron chi connectivity index (χ2n) is 7.39. The van der Waals surface area contributed by atoms with E-state index in [2.05, 4.69) is 5.32 Å². The first-order valence-electron chi connectivity index (χ1n) is 9.59. The Morgan fingerprint density at radius 2 is 1.77 bits per heavy atom. The van der Waals surface area contributed by atoms with E-state index in [1.165, 1.54) is 7.05 Å². The summed E-state index contributed by atoms with van der Waals surface area (Å²) in [5.74, 6) is -2.74. The van der Waals surface area contributed by atoms with Crippen molar-refractivity contribution in [3.05, 3.63) is 70.3 Å². The van der Waals surface area contributed by atoms with Gasteiger partial charge in [0.2, 0.25) is 11.8 Å². The van der Waals surface area contributed by atoms with Crippen molar-refractivity contribution in [2.24, 2.45) is 11.7 Å². The number of nitrogens with two attached hydrogens (primary N) is 1. The number of thioether (sulfide) groups is 1. The van der Waals surface area contributed by atoms with E-state index < -0.39 is 34.9 Å². The quantitative estimate of drug-likeness (QED) is 0.417. The van der Waals surface area contributed by atoms with E-state index in [1.807, 2.05) is 0 Å². The lowest BCUT2D eigenvalue weighted by Crippen LogP contribution is -2.39. The van der Waals surface area contributed by atoms with E-state index in [1.54, 1.807) is 48.5 Å². The van der Waals surface area contributed by atoms with E-state index >= 15 is 0 Å². The molecule has 2 aromatic carbocycles. The van der Waals surface area contributed by atoms with Gasteiger partial charge in [-0.25, -0.2) is 9.69 Å². The number of imide groups is 1. The smallest absolute Gasteiger partial charge is 0.342 e. The number of anilines is 1. The maximum absolute atomic E-state index is 13.5. The van der Waals surface area contributed by atoms with E-state index in [0.29, 0.717) is 22.6 Å². The standard InChI is InChI=1S/C22H17N3O5S/c1-24-19(26)10-6-8-11(9-7-10)25-20(27)15-14-12-4-2-3-5-13(12)30-22(29)16(14)18(23)31-17(15)21(25)28/h2-9,14-15,17H,23H2,1H3,(H,24,26)/t14-,15-,17-/m0/s1. The fourth-order valence-corrected chi connectivity index (χ4v) is 5.60. The first-order valence-corrected chi connectivity index (χ1v) is 10.5. The SMILES string of the molecule is CNC(=O)c1ccc(N2C(=O)[C@@H]3[C@H](SC(N)=C4C(=O)Oc5ccccc5[C@H]43)C2=O)cc1. The maximum atomic E-state index is 13.5. The number of ether oxygens (including phenoxy) is 1. The van der Waals surface area contributed by atoms with Crippen LogP contribution >= 0.6 is 11.8 Å². The van der Waals surface area contributed by atoms with Gasteiger partial charge in [0.25, 0.3) is 5.91 Å². The topological polar surface area (TPSA) is 119 Å². The molecule has 3 heterocycles. The molecule has 0 aliphatic carbocycles. The summed E-state index contributed by atoms with van der Waals surface area (Å²) in [4.78, 5) is 52.3. The number of nitrogens with zero attached hydrogens (tertiary/aromatic N) is 1. The molecule has 3 atom stereocenters. The van der Waals surface area contributed by atoms with Gasteiger partial charge in [-0.15, -0.1) is 0 Å². The van der Waals surface area contributed by atoms with Crippen LogP contribution in [0.4, 0.5) is 5.69 Å². The summed E-state index contributed by atoms with van der Waals surface area (Å²) in [6.07, 6.45) is 0. The zero-order chi connectivity index (χ0) is 21.9. The Bertz CT molecular complexity index is 1190. The summed E-state index contributed by atoms with van der Waals surface area (Å²) in [6, 6.07) is 13.2. The number of benzene rings is 2. The van der Waals surface area contributed by atoms with Crippen molar-refractivity contribution in [2.45, 2.75) is 11.2 Å². The van der Waals surface area contributed by atoms with Crippen molar-refractivity contribution in [1.82, 2.24) is 5.32 Å². The van der Waals surface area contributed by atoms with Crippen molar-refractivity contribution in [3.63, 3.8) is 0 Å². The number of rotatable bonds is 2. The third-order valence-electron chi connectivity index (χ3n) is 5.78. The molecule has 1 fully saturated rings. The number of para-hydroxylation sites is 1. The fourth-order valence-electron chi connectivity index (χ4n) is 4.36. The summed E-state index contributed by atoms with van der Waals surface area (Å²) in [7, 11) is 1.52. The highest BCUT2D eigenvalue weighted by Gasteiger charge is 2.58. The van der Waals surface area contributed by atoms with Crippen LogP contribution in [-0.2, 0) is 14.4 Å². The van der Waals surface area contributed by atoms with Gasteiger partial charge in [-0.05, 0) is 30.3 Å². The molecule has 3 aliphatic rings. The third kappa shape index (κ3) is 2.77. The number of amides is 3. The monoisotopic (exact) mass is 435 g/mol. The second kappa shape index (κ2) is 6.98. The predicted molar refractivity (Wildman–Crippen MR) is 113 cm³/mol. The molecule has 1 saturated heterocycles. The summed E-state index contributed by atoms with van der Waals surface area (Å²) < 4.78 is 5.40. The molecule has 9 heteroatoms. The Balaban J connectivity index is 1.58. The second-order valence-corrected chi connectivity index (χ2v) is 8.57. The Morgan fingerprint density at radius 3 is 2.48 bits per heavy atom. The first-order chi connectivity index (χ1) is 14.9. The molecular weight excluding hydrogens is 418 g/mol. The van der Waals surface area contributed by atoms with Gasteiger partial charge in [0.1, 0.15) is 11.0 Å². The summed E-state index contributed by atoms with van der Waals surface area (Å²) in [5, 5.41) is 1.97. The number of hydrogen-bond acceptors (Lipinski definition) is 7. The Hall–Kier alpha value is -3.59. The van der Waals surface area contributed by atoms with Gasteiger partial charge in [0.05, 0.1) is 22.2 Å². The normalized spacial score (nSPS) is 24.4. The molecule has 0 unspecified atom stereocenters. The zero-order valence-corrected chi connectivity index (χ0v) is 17.1. The molecule has 3 amide bonds. The van der Waals surface area contributed by atoms with Crippen LogP contribution in [-0.4, -0.2) is 36.0 Å². The van der Waals surface area contributed by atoms with Crippen molar-refractivity contribution < 1.29 is 23.9 Å². The van der Waals surface area contributed by atoms with Crippen LogP contribution in [0.5, 0.6) is 5.75 Å². The first kappa shape index (κ1) is 19.4. The predicted octanol–water partition coefficient (Wildman–Crippen LogP) is 1.52. The van der Waals surface area contributed by atoms with E-state index in [4.69, 9.17) is 10.5 Å². The highest BCUT2D eigenvalue weighted by molar-refractivity contribution is 8.04. The Kier molecular flexibility index (Phi) is 4.37. The highest BCUT2D eigenvalue weighted by Crippen LogP contribution is 2.54. The molecule has 0 aromatic heterocycles. The number of carbonyl (C=O) groups is 4. The summed E-state index contributed by atoms with van der Waals surface area (Å²) in [6.45, 7) is 0. The van der Waals surface area contributed by atoms with Crippen LogP contribution in [0.15, 0.2) is 59.1 Å². The zero-order valence-electron chi connectivity index (χ0n) is 16.3. The summed E-state index contributed by atoms with van der Waals surface area (Å²) >= 11 is 1.02.